The first-order valence-electron chi connectivity index (χ1n) is 7.62. The molecule has 1 atom stereocenters. The molecule has 0 aromatic heterocycles. The number of thioether (sulfide) groups is 1. The molecule has 2 heterocycles. The maximum Gasteiger partial charge on any atom is 0.237 e. The second-order valence-corrected chi connectivity index (χ2v) is 8.26. The highest BCUT2D eigenvalue weighted by atomic mass is 32.2. The molecule has 2 aliphatic heterocycles. The predicted octanol–water partition coefficient (Wildman–Crippen LogP) is 3.93. The fraction of sp³-hybridized carbons (Fsp3) is 0.556. The van der Waals surface area contributed by atoms with Crippen molar-refractivity contribution in [2.24, 2.45) is 10.8 Å². The second kappa shape index (κ2) is 5.73. The van der Waals surface area contributed by atoms with Crippen molar-refractivity contribution in [3.8, 4) is 0 Å². The van der Waals surface area contributed by atoms with E-state index in [-0.39, 0.29) is 17.1 Å². The Morgan fingerprint density at radius 1 is 1.36 bits per heavy atom. The fourth-order valence-electron chi connectivity index (χ4n) is 3.20. The number of amides is 1. The number of ketones is 1. The lowest BCUT2D eigenvalue weighted by Gasteiger charge is -2.58. The number of β-lactam (4-membered cyclic amide) rings is 1. The van der Waals surface area contributed by atoms with Crippen molar-refractivity contribution < 1.29 is 9.59 Å². The highest BCUT2D eigenvalue weighted by Crippen LogP contribution is 2.55. The summed E-state index contributed by atoms with van der Waals surface area (Å²) >= 11 is 1.74. The van der Waals surface area contributed by atoms with E-state index in [1.165, 1.54) is 0 Å². The lowest BCUT2D eigenvalue weighted by atomic mass is 9.71. The molecule has 0 saturated carbocycles. The van der Waals surface area contributed by atoms with E-state index in [1.54, 1.807) is 28.8 Å². The molecule has 0 aliphatic carbocycles. The minimum atomic E-state index is -0.488. The average Bonchev–Trinajstić information content (AvgIpc) is 2.44. The van der Waals surface area contributed by atoms with Gasteiger partial charge in [-0.05, 0) is 25.3 Å². The summed E-state index contributed by atoms with van der Waals surface area (Å²) < 4.78 is 0. The lowest BCUT2D eigenvalue weighted by molar-refractivity contribution is -0.161. The molecule has 0 radical (unpaired) electrons. The smallest absolute Gasteiger partial charge is 0.237 e. The number of carbonyl (C=O) groups excluding carboxylic acids is 2. The van der Waals surface area contributed by atoms with Crippen molar-refractivity contribution in [1.29, 1.82) is 0 Å². The zero-order valence-corrected chi connectivity index (χ0v) is 14.8. The van der Waals surface area contributed by atoms with Gasteiger partial charge in [0.1, 0.15) is 0 Å². The van der Waals surface area contributed by atoms with E-state index >= 15 is 0 Å². The first-order valence-corrected chi connectivity index (χ1v) is 8.67. The molecule has 120 valence electrons. The molecule has 22 heavy (non-hydrogen) atoms. The topological polar surface area (TPSA) is 37.4 Å². The Morgan fingerprint density at radius 2 is 1.91 bits per heavy atom. The molecule has 1 amide bonds. The van der Waals surface area contributed by atoms with E-state index in [0.29, 0.717) is 18.5 Å². The highest BCUT2D eigenvalue weighted by molar-refractivity contribution is 8.00. The summed E-state index contributed by atoms with van der Waals surface area (Å²) in [7, 11) is 0. The Kier molecular flexibility index (Phi) is 4.44. The average molecular weight is 319 g/mol. The molecule has 3 nitrogen and oxygen atoms in total. The van der Waals surface area contributed by atoms with E-state index in [2.05, 4.69) is 13.2 Å². The van der Waals surface area contributed by atoms with Gasteiger partial charge in [0.15, 0.2) is 5.78 Å². The maximum atomic E-state index is 12.9. The summed E-state index contributed by atoms with van der Waals surface area (Å²) in [5, 5.41) is 0.0148. The van der Waals surface area contributed by atoms with Crippen LogP contribution >= 0.6 is 11.8 Å². The van der Waals surface area contributed by atoms with Crippen molar-refractivity contribution in [3.63, 3.8) is 0 Å². The molecule has 0 N–H and O–H groups in total. The van der Waals surface area contributed by atoms with Crippen LogP contribution < -0.4 is 0 Å². The second-order valence-electron chi connectivity index (χ2n) is 7.19. The van der Waals surface area contributed by atoms with Crippen LogP contribution in [-0.4, -0.2) is 27.7 Å². The molecule has 0 spiro atoms. The molecule has 1 fully saturated rings. The van der Waals surface area contributed by atoms with Gasteiger partial charge in [-0.1, -0.05) is 32.9 Å². The van der Waals surface area contributed by atoms with Gasteiger partial charge in [-0.3, -0.25) is 14.5 Å². The van der Waals surface area contributed by atoms with E-state index < -0.39 is 10.8 Å². The van der Waals surface area contributed by atoms with Gasteiger partial charge < -0.3 is 0 Å². The van der Waals surface area contributed by atoms with Gasteiger partial charge >= 0.3 is 0 Å². The van der Waals surface area contributed by atoms with E-state index in [4.69, 9.17) is 0 Å². The van der Waals surface area contributed by atoms with Crippen LogP contribution in [0.2, 0.25) is 0 Å². The molecule has 0 aromatic rings. The van der Waals surface area contributed by atoms with Crippen molar-refractivity contribution in [2.75, 3.05) is 5.75 Å². The van der Waals surface area contributed by atoms with Crippen LogP contribution in [0.25, 0.3) is 0 Å². The number of rotatable bonds is 5. The molecule has 1 saturated heterocycles. The first kappa shape index (κ1) is 17.1. The summed E-state index contributed by atoms with van der Waals surface area (Å²) in [6, 6.07) is 0. The molecular formula is C18H25NO2S. The summed E-state index contributed by atoms with van der Waals surface area (Å²) in [6.45, 7) is 15.2. The Morgan fingerprint density at radius 3 is 2.36 bits per heavy atom. The van der Waals surface area contributed by atoms with Gasteiger partial charge in [0.2, 0.25) is 5.91 Å². The molecule has 0 bridgehead atoms. The van der Waals surface area contributed by atoms with Gasteiger partial charge in [-0.25, -0.2) is 0 Å². The quantitative estimate of drug-likeness (QED) is 0.569. The van der Waals surface area contributed by atoms with Gasteiger partial charge in [0.25, 0.3) is 0 Å². The van der Waals surface area contributed by atoms with Gasteiger partial charge in [0.05, 0.1) is 16.5 Å². The summed E-state index contributed by atoms with van der Waals surface area (Å²) in [5.74, 6) is 0.882. The van der Waals surface area contributed by atoms with E-state index in [9.17, 15) is 9.59 Å². The van der Waals surface area contributed by atoms with Crippen molar-refractivity contribution in [3.05, 3.63) is 36.6 Å². The summed E-state index contributed by atoms with van der Waals surface area (Å²) in [5.41, 5.74) is 0.655. The number of hydrogen-bond acceptors (Lipinski definition) is 3. The fourth-order valence-corrected chi connectivity index (χ4v) is 4.70. The number of fused-ring (bicyclic) bond motifs is 1. The number of hydrogen-bond donors (Lipinski definition) is 0. The molecule has 0 aromatic carbocycles. The van der Waals surface area contributed by atoms with Crippen molar-refractivity contribution in [2.45, 2.75) is 45.9 Å². The van der Waals surface area contributed by atoms with Crippen molar-refractivity contribution >= 4 is 23.5 Å². The molecular weight excluding hydrogens is 294 g/mol. The van der Waals surface area contributed by atoms with Crippen LogP contribution in [0, 0.1) is 10.8 Å². The first-order chi connectivity index (χ1) is 10.2. The number of allylic oxidation sites excluding steroid dienone is 3. The largest absolute Gasteiger partial charge is 0.295 e. The third-order valence-corrected chi connectivity index (χ3v) is 5.95. The van der Waals surface area contributed by atoms with Crippen LogP contribution in [0.5, 0.6) is 0 Å². The van der Waals surface area contributed by atoms with Gasteiger partial charge in [-0.2, -0.15) is 0 Å². The molecule has 4 heteroatoms. The molecule has 2 aliphatic rings. The number of nitrogens with zero attached hydrogens (tertiary/aromatic N) is 1. The number of Topliss-reactive ketones (excluding diaryl/α,β-unsaturated/α-hetero) is 1. The van der Waals surface area contributed by atoms with Crippen LogP contribution in [-0.2, 0) is 9.59 Å². The Bertz CT molecular complexity index is 558. The van der Waals surface area contributed by atoms with Crippen LogP contribution in [0.15, 0.2) is 36.6 Å². The molecule has 2 rings (SSSR count). The highest BCUT2D eigenvalue weighted by Gasteiger charge is 2.62. The third kappa shape index (κ3) is 2.37. The minimum absolute atomic E-state index is 0.0148. The van der Waals surface area contributed by atoms with Crippen LogP contribution in [0.1, 0.15) is 40.5 Å². The Labute approximate surface area is 137 Å². The maximum absolute atomic E-state index is 12.9. The third-order valence-electron chi connectivity index (χ3n) is 4.37. The monoisotopic (exact) mass is 319 g/mol. The zero-order valence-electron chi connectivity index (χ0n) is 13.9. The van der Waals surface area contributed by atoms with E-state index in [0.717, 1.165) is 11.3 Å². The van der Waals surface area contributed by atoms with Gasteiger partial charge in [-0.15, -0.1) is 24.9 Å². The normalized spacial score (nSPS) is 23.7. The zero-order chi connectivity index (χ0) is 16.7. The number of carbonyl (C=O) groups is 2. The Balaban J connectivity index is 2.42. The standard InChI is InChI=1S/C18H25NO2S/c1-7-9-18(10-8-2)15(21)19-13(14(20)17(4,5)6)12(3)11-22-16(18)19/h7-8,16H,1-2,9-11H2,3-6H3. The predicted molar refractivity (Wildman–Crippen MR) is 92.3 cm³/mol. The van der Waals surface area contributed by atoms with Crippen LogP contribution in [0.4, 0.5) is 0 Å². The Hall–Kier alpha value is -1.29. The lowest BCUT2D eigenvalue weighted by Crippen LogP contribution is -2.69. The summed E-state index contributed by atoms with van der Waals surface area (Å²) in [4.78, 5) is 27.4. The molecule has 1 unspecified atom stereocenters. The van der Waals surface area contributed by atoms with Crippen molar-refractivity contribution in [1.82, 2.24) is 4.90 Å². The van der Waals surface area contributed by atoms with Gasteiger partial charge in [0, 0.05) is 11.2 Å². The van der Waals surface area contributed by atoms with E-state index in [1.807, 2.05) is 27.7 Å². The summed E-state index contributed by atoms with van der Waals surface area (Å²) in [6.07, 6.45) is 4.86. The minimum Gasteiger partial charge on any atom is -0.295 e. The SMILES string of the molecule is C=CCC1(CC=C)C(=O)N2C(C(=O)C(C)(C)C)=C(C)CSC21. The van der Waals surface area contributed by atoms with Crippen LogP contribution in [0.3, 0.4) is 0 Å².